The molecule has 2 heterocycles. The maximum absolute atomic E-state index is 2.70. The van der Waals surface area contributed by atoms with Crippen LogP contribution in [0.4, 0.5) is 5.69 Å². The summed E-state index contributed by atoms with van der Waals surface area (Å²) in [5.41, 5.74) is 3.17. The Bertz CT molecular complexity index is 542. The molecule has 0 spiro atoms. The van der Waals surface area contributed by atoms with Gasteiger partial charge in [0.15, 0.2) is 0 Å². The zero-order chi connectivity index (χ0) is 18.7. The van der Waals surface area contributed by atoms with Crippen LogP contribution in [0.5, 0.6) is 0 Å². The minimum Gasteiger partial charge on any atom is -0.369 e. The normalized spacial score (nSPS) is 21.5. The molecule has 0 N–H and O–H groups in total. The van der Waals surface area contributed by atoms with Crippen LogP contribution in [0.25, 0.3) is 0 Å². The van der Waals surface area contributed by atoms with Gasteiger partial charge < -0.3 is 4.90 Å². The van der Waals surface area contributed by atoms with Crippen molar-refractivity contribution >= 4 is 5.69 Å². The number of hydrogen-bond acceptors (Lipinski definition) is 3. The number of benzene rings is 1. The van der Waals surface area contributed by atoms with Crippen molar-refractivity contribution in [2.24, 2.45) is 5.92 Å². The van der Waals surface area contributed by atoms with Gasteiger partial charge in [-0.15, -0.1) is 0 Å². The largest absolute Gasteiger partial charge is 0.369 e. The second-order valence-electron chi connectivity index (χ2n) is 9.64. The molecule has 0 radical (unpaired) electrons. The molecule has 2 aliphatic rings. The van der Waals surface area contributed by atoms with Crippen molar-refractivity contribution in [1.82, 2.24) is 9.80 Å². The molecule has 0 aromatic heterocycles. The molecule has 0 unspecified atom stereocenters. The van der Waals surface area contributed by atoms with Crippen LogP contribution >= 0.6 is 0 Å². The molecule has 0 bridgehead atoms. The van der Waals surface area contributed by atoms with Gasteiger partial charge in [0.25, 0.3) is 0 Å². The van der Waals surface area contributed by atoms with E-state index >= 15 is 0 Å². The highest BCUT2D eigenvalue weighted by Gasteiger charge is 2.28. The molecule has 3 rings (SSSR count). The Kier molecular flexibility index (Phi) is 6.29. The third-order valence-electron chi connectivity index (χ3n) is 6.38. The van der Waals surface area contributed by atoms with E-state index in [1.165, 1.54) is 69.9 Å². The van der Waals surface area contributed by atoms with Crippen molar-refractivity contribution < 1.29 is 0 Å². The predicted molar refractivity (Wildman–Crippen MR) is 113 cm³/mol. The average Bonchev–Trinajstić information content (AvgIpc) is 2.62. The summed E-state index contributed by atoms with van der Waals surface area (Å²) in [6.07, 6.45) is 2.74. The van der Waals surface area contributed by atoms with Crippen molar-refractivity contribution in [3.63, 3.8) is 0 Å². The van der Waals surface area contributed by atoms with Crippen LogP contribution in [0.15, 0.2) is 24.3 Å². The first-order valence-electron chi connectivity index (χ1n) is 10.7. The van der Waals surface area contributed by atoms with E-state index in [2.05, 4.69) is 73.6 Å². The Morgan fingerprint density at radius 1 is 0.885 bits per heavy atom. The van der Waals surface area contributed by atoms with Gasteiger partial charge in [0.1, 0.15) is 0 Å². The molecule has 2 aliphatic heterocycles. The van der Waals surface area contributed by atoms with Gasteiger partial charge in [-0.05, 0) is 76.2 Å². The first kappa shape index (κ1) is 19.7. The smallest absolute Gasteiger partial charge is 0.0367 e. The van der Waals surface area contributed by atoms with E-state index in [4.69, 9.17) is 0 Å². The lowest BCUT2D eigenvalue weighted by molar-refractivity contribution is 0.0735. The molecule has 0 atom stereocenters. The van der Waals surface area contributed by atoms with Gasteiger partial charge in [-0.2, -0.15) is 0 Å². The van der Waals surface area contributed by atoms with Gasteiger partial charge in [-0.25, -0.2) is 0 Å². The van der Waals surface area contributed by atoms with Crippen molar-refractivity contribution in [3.05, 3.63) is 29.8 Å². The van der Waals surface area contributed by atoms with Crippen molar-refractivity contribution in [2.45, 2.75) is 58.9 Å². The van der Waals surface area contributed by atoms with E-state index in [1.54, 1.807) is 0 Å². The maximum Gasteiger partial charge on any atom is 0.0367 e. The zero-order valence-corrected chi connectivity index (χ0v) is 17.7. The fourth-order valence-electron chi connectivity index (χ4n) is 4.41. The number of piperidine rings is 1. The van der Waals surface area contributed by atoms with E-state index < -0.39 is 0 Å². The number of hydrogen-bond donors (Lipinski definition) is 0. The van der Waals surface area contributed by atoms with E-state index in [9.17, 15) is 0 Å². The average molecular weight is 358 g/mol. The highest BCUT2D eigenvalue weighted by atomic mass is 15.3. The van der Waals surface area contributed by atoms with E-state index in [1.807, 2.05) is 0 Å². The highest BCUT2D eigenvalue weighted by molar-refractivity contribution is 5.48. The molecule has 146 valence electrons. The van der Waals surface area contributed by atoms with E-state index in [0.717, 1.165) is 5.92 Å². The quantitative estimate of drug-likeness (QED) is 0.788. The number of anilines is 1. The summed E-state index contributed by atoms with van der Waals surface area (Å²) in [4.78, 5) is 7.92. The molecular weight excluding hydrogens is 318 g/mol. The molecule has 2 fully saturated rings. The summed E-state index contributed by atoms with van der Waals surface area (Å²) in [7, 11) is 0. The summed E-state index contributed by atoms with van der Waals surface area (Å²) >= 11 is 0. The fraction of sp³-hybridized carbons (Fsp3) is 0.739. The molecule has 26 heavy (non-hydrogen) atoms. The van der Waals surface area contributed by atoms with Gasteiger partial charge in [0.2, 0.25) is 0 Å². The van der Waals surface area contributed by atoms with Gasteiger partial charge in [-0.3, -0.25) is 9.80 Å². The lowest BCUT2D eigenvalue weighted by atomic mass is 9.92. The Labute approximate surface area is 161 Å². The maximum atomic E-state index is 2.70. The van der Waals surface area contributed by atoms with E-state index in [-0.39, 0.29) is 0 Å². The third kappa shape index (κ3) is 5.01. The zero-order valence-electron chi connectivity index (χ0n) is 17.7. The number of piperazine rings is 1. The van der Waals surface area contributed by atoms with Gasteiger partial charge in [0, 0.05) is 44.0 Å². The Balaban J connectivity index is 1.43. The molecule has 0 amide bonds. The van der Waals surface area contributed by atoms with Crippen LogP contribution in [-0.4, -0.2) is 61.2 Å². The van der Waals surface area contributed by atoms with E-state index in [0.29, 0.717) is 11.5 Å². The second kappa shape index (κ2) is 8.31. The molecule has 2 saturated heterocycles. The first-order valence-corrected chi connectivity index (χ1v) is 10.7. The summed E-state index contributed by atoms with van der Waals surface area (Å²) in [6.45, 7) is 20.2. The van der Waals surface area contributed by atoms with Crippen LogP contribution in [0.3, 0.4) is 0 Å². The SMILES string of the molecule is CC(C)c1ccc(N2CCN(CC3CCN(C(C)(C)C)CC3)CC2)cc1. The third-order valence-corrected chi connectivity index (χ3v) is 6.38. The van der Waals surface area contributed by atoms with Crippen molar-refractivity contribution in [1.29, 1.82) is 0 Å². The molecule has 0 aliphatic carbocycles. The Morgan fingerprint density at radius 3 is 1.96 bits per heavy atom. The van der Waals surface area contributed by atoms with Gasteiger partial charge >= 0.3 is 0 Å². The molecular formula is C23H39N3. The topological polar surface area (TPSA) is 9.72 Å². The fourth-order valence-corrected chi connectivity index (χ4v) is 4.41. The van der Waals surface area contributed by atoms with Crippen molar-refractivity contribution in [2.75, 3.05) is 50.7 Å². The minimum atomic E-state index is 0.335. The summed E-state index contributed by atoms with van der Waals surface area (Å²) < 4.78 is 0. The number of nitrogens with zero attached hydrogens (tertiary/aromatic N) is 3. The van der Waals surface area contributed by atoms with Gasteiger partial charge in [0.05, 0.1) is 0 Å². The van der Waals surface area contributed by atoms with Crippen LogP contribution in [0, 0.1) is 5.92 Å². The standard InChI is InChI=1S/C23H39N3/c1-19(2)21-6-8-22(9-7-21)25-16-14-24(15-17-25)18-20-10-12-26(13-11-20)23(3,4)5/h6-9,19-20H,10-18H2,1-5H3. The summed E-state index contributed by atoms with van der Waals surface area (Å²) in [6, 6.07) is 9.23. The van der Waals surface area contributed by atoms with Crippen LogP contribution in [0.2, 0.25) is 0 Å². The molecule has 1 aromatic carbocycles. The molecule has 0 saturated carbocycles. The molecule has 3 nitrogen and oxygen atoms in total. The number of rotatable bonds is 4. The monoisotopic (exact) mass is 357 g/mol. The minimum absolute atomic E-state index is 0.335. The lowest BCUT2D eigenvalue weighted by Gasteiger charge is -2.43. The highest BCUT2D eigenvalue weighted by Crippen LogP contribution is 2.25. The van der Waals surface area contributed by atoms with Gasteiger partial charge in [-0.1, -0.05) is 26.0 Å². The molecule has 1 aromatic rings. The van der Waals surface area contributed by atoms with Crippen LogP contribution in [0.1, 0.15) is 58.9 Å². The Morgan fingerprint density at radius 2 is 1.46 bits per heavy atom. The molecule has 3 heteroatoms. The predicted octanol–water partition coefficient (Wildman–Crippen LogP) is 4.44. The lowest BCUT2D eigenvalue weighted by Crippen LogP contribution is -2.50. The second-order valence-corrected chi connectivity index (χ2v) is 9.64. The summed E-state index contributed by atoms with van der Waals surface area (Å²) in [5.74, 6) is 1.51. The summed E-state index contributed by atoms with van der Waals surface area (Å²) in [5, 5.41) is 0. The Hall–Kier alpha value is -1.06. The van der Waals surface area contributed by atoms with Crippen LogP contribution in [-0.2, 0) is 0 Å². The van der Waals surface area contributed by atoms with Crippen LogP contribution < -0.4 is 4.90 Å². The number of likely N-dealkylation sites (tertiary alicyclic amines) is 1. The first-order chi connectivity index (χ1) is 12.3. The van der Waals surface area contributed by atoms with Crippen molar-refractivity contribution in [3.8, 4) is 0 Å².